The molecule has 0 radical (unpaired) electrons. The van der Waals surface area contributed by atoms with Gasteiger partial charge in [-0.15, -0.1) is 0 Å². The molecule has 0 fully saturated rings. The van der Waals surface area contributed by atoms with Crippen molar-refractivity contribution in [3.05, 3.63) is 88.5 Å². The van der Waals surface area contributed by atoms with Crippen LogP contribution >= 0.6 is 11.6 Å². The predicted octanol–water partition coefficient (Wildman–Crippen LogP) is 4.65. The zero-order valence-electron chi connectivity index (χ0n) is 15.0. The van der Waals surface area contributed by atoms with Crippen LogP contribution in [-0.4, -0.2) is 15.5 Å². The number of carbonyl (C=O) groups is 1. The van der Waals surface area contributed by atoms with Gasteiger partial charge in [-0.1, -0.05) is 41.9 Å². The van der Waals surface area contributed by atoms with Gasteiger partial charge >= 0.3 is 0 Å². The number of carbonyl (C=O) groups excluding carboxylic acids is 1. The number of benzene rings is 2. The summed E-state index contributed by atoms with van der Waals surface area (Å²) in [5, 5.41) is 3.70. The lowest BCUT2D eigenvalue weighted by molar-refractivity contribution is -0.117. The summed E-state index contributed by atoms with van der Waals surface area (Å²) in [5.74, 6) is -0.0952. The SMILES string of the molecule is Cc1cn(-c2ccc(C=CC(=O)NC3CCc4ccccc43)cc2Cl)cn1. The lowest BCUT2D eigenvalue weighted by atomic mass is 10.1. The minimum absolute atomic E-state index is 0.0915. The normalized spacial score (nSPS) is 15.9. The van der Waals surface area contributed by atoms with Crippen molar-refractivity contribution in [3.63, 3.8) is 0 Å². The summed E-state index contributed by atoms with van der Waals surface area (Å²) in [6.07, 6.45) is 8.96. The van der Waals surface area contributed by atoms with Crippen LogP contribution in [0.15, 0.2) is 61.1 Å². The quantitative estimate of drug-likeness (QED) is 0.672. The highest BCUT2D eigenvalue weighted by atomic mass is 35.5. The average molecular weight is 378 g/mol. The van der Waals surface area contributed by atoms with Crippen LogP contribution in [0.4, 0.5) is 0 Å². The smallest absolute Gasteiger partial charge is 0.244 e. The van der Waals surface area contributed by atoms with Gasteiger partial charge in [-0.25, -0.2) is 4.98 Å². The maximum Gasteiger partial charge on any atom is 0.244 e. The van der Waals surface area contributed by atoms with Crippen molar-refractivity contribution in [1.29, 1.82) is 0 Å². The Balaban J connectivity index is 1.44. The van der Waals surface area contributed by atoms with Gasteiger partial charge in [-0.2, -0.15) is 0 Å². The van der Waals surface area contributed by atoms with Gasteiger partial charge in [-0.3, -0.25) is 4.79 Å². The van der Waals surface area contributed by atoms with Crippen LogP contribution in [-0.2, 0) is 11.2 Å². The third-order valence-electron chi connectivity index (χ3n) is 4.84. The largest absolute Gasteiger partial charge is 0.346 e. The van der Waals surface area contributed by atoms with Gasteiger partial charge in [-0.05, 0) is 54.7 Å². The lowest BCUT2D eigenvalue weighted by Crippen LogP contribution is -2.25. The highest BCUT2D eigenvalue weighted by Crippen LogP contribution is 2.30. The molecule has 1 amide bonds. The molecule has 4 rings (SSSR count). The number of nitrogens with one attached hydrogen (secondary N) is 1. The molecule has 1 atom stereocenters. The number of hydrogen-bond acceptors (Lipinski definition) is 2. The Kier molecular flexibility index (Phi) is 4.82. The fourth-order valence-corrected chi connectivity index (χ4v) is 3.77. The second-order valence-corrected chi connectivity index (χ2v) is 7.17. The molecule has 3 aromatic rings. The predicted molar refractivity (Wildman–Crippen MR) is 108 cm³/mol. The highest BCUT2D eigenvalue weighted by molar-refractivity contribution is 6.32. The van der Waals surface area contributed by atoms with E-state index in [0.29, 0.717) is 5.02 Å². The Morgan fingerprint density at radius 1 is 1.30 bits per heavy atom. The van der Waals surface area contributed by atoms with Crippen molar-refractivity contribution >= 4 is 23.6 Å². The summed E-state index contributed by atoms with van der Waals surface area (Å²) >= 11 is 6.40. The number of imidazole rings is 1. The second kappa shape index (κ2) is 7.41. The molecule has 27 heavy (non-hydrogen) atoms. The molecule has 4 nitrogen and oxygen atoms in total. The molecule has 1 aliphatic rings. The van der Waals surface area contributed by atoms with Crippen molar-refractivity contribution in [2.45, 2.75) is 25.8 Å². The van der Waals surface area contributed by atoms with Crippen molar-refractivity contribution in [2.75, 3.05) is 0 Å². The monoisotopic (exact) mass is 377 g/mol. The Morgan fingerprint density at radius 3 is 2.93 bits per heavy atom. The van der Waals surface area contributed by atoms with Crippen LogP contribution in [0.3, 0.4) is 0 Å². The van der Waals surface area contributed by atoms with Gasteiger partial charge in [0.1, 0.15) is 0 Å². The van der Waals surface area contributed by atoms with Gasteiger partial charge in [0.05, 0.1) is 28.8 Å². The fourth-order valence-electron chi connectivity index (χ4n) is 3.49. The summed E-state index contributed by atoms with van der Waals surface area (Å²) in [6, 6.07) is 14.1. The number of halogens is 1. The fraction of sp³-hybridized carbons (Fsp3) is 0.182. The van der Waals surface area contributed by atoms with Gasteiger partial charge in [0.15, 0.2) is 0 Å². The van der Waals surface area contributed by atoms with Gasteiger partial charge in [0.25, 0.3) is 0 Å². The zero-order valence-corrected chi connectivity index (χ0v) is 15.8. The molecule has 136 valence electrons. The summed E-state index contributed by atoms with van der Waals surface area (Å²) in [5.41, 5.74) is 5.22. The van der Waals surface area contributed by atoms with E-state index < -0.39 is 0 Å². The molecule has 1 aromatic heterocycles. The Bertz CT molecular complexity index is 1020. The van der Waals surface area contributed by atoms with Crippen LogP contribution in [0.25, 0.3) is 11.8 Å². The summed E-state index contributed by atoms with van der Waals surface area (Å²) < 4.78 is 1.88. The van der Waals surface area contributed by atoms with Crippen LogP contribution in [0.2, 0.25) is 5.02 Å². The Hall–Kier alpha value is -2.85. The maximum absolute atomic E-state index is 12.3. The first kappa shape index (κ1) is 17.6. The summed E-state index contributed by atoms with van der Waals surface area (Å²) in [4.78, 5) is 16.5. The number of aromatic nitrogens is 2. The molecule has 1 unspecified atom stereocenters. The molecule has 1 N–H and O–H groups in total. The number of aryl methyl sites for hydroxylation is 2. The molecule has 0 aliphatic heterocycles. The minimum atomic E-state index is -0.0952. The number of fused-ring (bicyclic) bond motifs is 1. The van der Waals surface area contributed by atoms with Gasteiger partial charge in [0.2, 0.25) is 5.91 Å². The summed E-state index contributed by atoms with van der Waals surface area (Å²) in [7, 11) is 0. The molecule has 0 spiro atoms. The molecule has 2 aromatic carbocycles. The Morgan fingerprint density at radius 2 is 2.15 bits per heavy atom. The standard InChI is InChI=1S/C22H20ClN3O/c1-15-13-26(14-24-15)21-10-6-16(12-19(21)23)7-11-22(27)25-20-9-8-17-4-2-3-5-18(17)20/h2-7,10-14,20H,8-9H2,1H3,(H,25,27). The molecule has 0 saturated carbocycles. The van der Waals surface area contributed by atoms with E-state index in [1.165, 1.54) is 11.1 Å². The summed E-state index contributed by atoms with van der Waals surface area (Å²) in [6.45, 7) is 1.93. The number of rotatable bonds is 4. The first-order valence-corrected chi connectivity index (χ1v) is 9.35. The van der Waals surface area contributed by atoms with E-state index in [0.717, 1.165) is 29.8 Å². The van der Waals surface area contributed by atoms with Crippen molar-refractivity contribution in [2.24, 2.45) is 0 Å². The van der Waals surface area contributed by atoms with Crippen molar-refractivity contribution in [1.82, 2.24) is 14.9 Å². The average Bonchev–Trinajstić information content (AvgIpc) is 3.27. The van der Waals surface area contributed by atoms with Gasteiger partial charge in [0, 0.05) is 12.3 Å². The minimum Gasteiger partial charge on any atom is -0.346 e. The highest BCUT2D eigenvalue weighted by Gasteiger charge is 2.22. The molecule has 1 aliphatic carbocycles. The first-order chi connectivity index (χ1) is 13.1. The van der Waals surface area contributed by atoms with Crippen LogP contribution in [0.1, 0.15) is 34.8 Å². The van der Waals surface area contributed by atoms with E-state index in [4.69, 9.17) is 11.6 Å². The van der Waals surface area contributed by atoms with Crippen molar-refractivity contribution in [3.8, 4) is 5.69 Å². The third kappa shape index (κ3) is 3.81. The van der Waals surface area contributed by atoms with Crippen LogP contribution < -0.4 is 5.32 Å². The van der Waals surface area contributed by atoms with E-state index in [-0.39, 0.29) is 11.9 Å². The zero-order chi connectivity index (χ0) is 18.8. The molecule has 1 heterocycles. The number of amides is 1. The van der Waals surface area contributed by atoms with E-state index >= 15 is 0 Å². The molecular formula is C22H20ClN3O. The first-order valence-electron chi connectivity index (χ1n) is 8.97. The van der Waals surface area contributed by atoms with E-state index in [9.17, 15) is 4.79 Å². The lowest BCUT2D eigenvalue weighted by Gasteiger charge is -2.12. The van der Waals surface area contributed by atoms with E-state index in [2.05, 4.69) is 22.4 Å². The van der Waals surface area contributed by atoms with Crippen molar-refractivity contribution < 1.29 is 4.79 Å². The second-order valence-electron chi connectivity index (χ2n) is 6.77. The maximum atomic E-state index is 12.3. The molecular weight excluding hydrogens is 358 g/mol. The third-order valence-corrected chi connectivity index (χ3v) is 5.14. The number of hydrogen-bond donors (Lipinski definition) is 1. The molecule has 0 saturated heterocycles. The molecule has 5 heteroatoms. The Labute approximate surface area is 163 Å². The van der Waals surface area contributed by atoms with E-state index in [1.807, 2.05) is 48.0 Å². The van der Waals surface area contributed by atoms with Gasteiger partial charge < -0.3 is 9.88 Å². The van der Waals surface area contributed by atoms with E-state index in [1.54, 1.807) is 18.5 Å². The number of nitrogens with zero attached hydrogens (tertiary/aromatic N) is 2. The molecule has 0 bridgehead atoms. The van der Waals surface area contributed by atoms with Crippen LogP contribution in [0, 0.1) is 6.92 Å². The topological polar surface area (TPSA) is 46.9 Å². The van der Waals surface area contributed by atoms with Crippen LogP contribution in [0.5, 0.6) is 0 Å².